The lowest BCUT2D eigenvalue weighted by molar-refractivity contribution is 0.0950. The van der Waals surface area contributed by atoms with Crippen molar-refractivity contribution in [3.05, 3.63) is 63.3 Å². The van der Waals surface area contributed by atoms with Crippen LogP contribution in [0, 0.1) is 6.92 Å². The lowest BCUT2D eigenvalue weighted by Crippen LogP contribution is -2.24. The Kier molecular flexibility index (Phi) is 5.15. The zero-order chi connectivity index (χ0) is 19.7. The SMILES string of the molecule is Cc1onc(-c2ccccc2Cl)c1C(=O)NCc1cc(Cl)c2c(c1)OCCO2. The van der Waals surface area contributed by atoms with Gasteiger partial charge < -0.3 is 19.3 Å². The van der Waals surface area contributed by atoms with E-state index in [-0.39, 0.29) is 12.5 Å². The summed E-state index contributed by atoms with van der Waals surface area (Å²) < 4.78 is 16.3. The van der Waals surface area contributed by atoms with Crippen molar-refractivity contribution in [3.63, 3.8) is 0 Å². The molecular weight excluding hydrogens is 403 g/mol. The van der Waals surface area contributed by atoms with Crippen LogP contribution in [0.2, 0.25) is 10.0 Å². The molecule has 2 heterocycles. The average molecular weight is 419 g/mol. The Labute approximate surface area is 171 Å². The number of fused-ring (bicyclic) bond motifs is 1. The molecule has 1 N–H and O–H groups in total. The number of hydrogen-bond donors (Lipinski definition) is 1. The van der Waals surface area contributed by atoms with Gasteiger partial charge in [0.05, 0.1) is 10.0 Å². The summed E-state index contributed by atoms with van der Waals surface area (Å²) in [6, 6.07) is 10.7. The number of nitrogens with one attached hydrogen (secondary N) is 1. The topological polar surface area (TPSA) is 73.6 Å². The summed E-state index contributed by atoms with van der Waals surface area (Å²) in [5, 5.41) is 7.82. The third kappa shape index (κ3) is 3.53. The first-order valence-electron chi connectivity index (χ1n) is 8.62. The molecule has 0 saturated carbocycles. The van der Waals surface area contributed by atoms with Gasteiger partial charge in [0, 0.05) is 12.1 Å². The maximum Gasteiger partial charge on any atom is 0.257 e. The highest BCUT2D eigenvalue weighted by atomic mass is 35.5. The smallest absolute Gasteiger partial charge is 0.257 e. The minimum Gasteiger partial charge on any atom is -0.486 e. The quantitative estimate of drug-likeness (QED) is 0.666. The van der Waals surface area contributed by atoms with Crippen LogP contribution in [0.15, 0.2) is 40.9 Å². The van der Waals surface area contributed by atoms with Crippen molar-refractivity contribution in [3.8, 4) is 22.8 Å². The van der Waals surface area contributed by atoms with Crippen molar-refractivity contribution in [2.45, 2.75) is 13.5 Å². The molecule has 0 bridgehead atoms. The Hall–Kier alpha value is -2.70. The predicted molar refractivity (Wildman–Crippen MR) is 105 cm³/mol. The van der Waals surface area contributed by atoms with E-state index < -0.39 is 0 Å². The van der Waals surface area contributed by atoms with Crippen LogP contribution >= 0.6 is 23.2 Å². The number of amides is 1. The fourth-order valence-electron chi connectivity index (χ4n) is 3.01. The van der Waals surface area contributed by atoms with Crippen LogP contribution < -0.4 is 14.8 Å². The summed E-state index contributed by atoms with van der Waals surface area (Å²) in [7, 11) is 0. The second-order valence-corrected chi connectivity index (χ2v) is 7.04. The predicted octanol–water partition coefficient (Wildman–Crippen LogP) is 4.66. The van der Waals surface area contributed by atoms with Gasteiger partial charge in [0.25, 0.3) is 5.91 Å². The first-order chi connectivity index (χ1) is 13.5. The molecule has 144 valence electrons. The molecule has 28 heavy (non-hydrogen) atoms. The molecule has 2 aromatic carbocycles. The van der Waals surface area contributed by atoms with Gasteiger partial charge in [0.1, 0.15) is 30.2 Å². The second-order valence-electron chi connectivity index (χ2n) is 6.23. The highest BCUT2D eigenvalue weighted by molar-refractivity contribution is 6.33. The molecule has 0 unspecified atom stereocenters. The maximum atomic E-state index is 12.8. The van der Waals surface area contributed by atoms with E-state index >= 15 is 0 Å². The second kappa shape index (κ2) is 7.73. The van der Waals surface area contributed by atoms with Crippen LogP contribution in [0.4, 0.5) is 0 Å². The Morgan fingerprint density at radius 1 is 1.14 bits per heavy atom. The van der Waals surface area contributed by atoms with Gasteiger partial charge in [0.15, 0.2) is 11.5 Å². The summed E-state index contributed by atoms with van der Waals surface area (Å²) in [6.45, 7) is 2.85. The lowest BCUT2D eigenvalue weighted by atomic mass is 10.1. The molecule has 6 nitrogen and oxygen atoms in total. The Morgan fingerprint density at radius 2 is 1.93 bits per heavy atom. The van der Waals surface area contributed by atoms with Crippen molar-refractivity contribution in [2.75, 3.05) is 13.2 Å². The van der Waals surface area contributed by atoms with Crippen molar-refractivity contribution in [2.24, 2.45) is 0 Å². The molecule has 1 aliphatic heterocycles. The summed E-state index contributed by atoms with van der Waals surface area (Å²) in [6.07, 6.45) is 0. The first-order valence-corrected chi connectivity index (χ1v) is 9.37. The largest absolute Gasteiger partial charge is 0.486 e. The Morgan fingerprint density at radius 3 is 2.75 bits per heavy atom. The van der Waals surface area contributed by atoms with Gasteiger partial charge in [-0.2, -0.15) is 0 Å². The van der Waals surface area contributed by atoms with Crippen LogP contribution in [0.3, 0.4) is 0 Å². The number of halogens is 2. The van der Waals surface area contributed by atoms with Gasteiger partial charge in [-0.1, -0.05) is 46.6 Å². The number of ether oxygens (including phenoxy) is 2. The number of hydrogen-bond acceptors (Lipinski definition) is 5. The summed E-state index contributed by atoms with van der Waals surface area (Å²) in [5.74, 6) is 1.19. The van der Waals surface area contributed by atoms with Crippen LogP contribution in [-0.2, 0) is 6.54 Å². The van der Waals surface area contributed by atoms with E-state index in [0.717, 1.165) is 5.56 Å². The average Bonchev–Trinajstić information content (AvgIpc) is 3.08. The van der Waals surface area contributed by atoms with Crippen LogP contribution in [0.5, 0.6) is 11.5 Å². The fraction of sp³-hybridized carbons (Fsp3) is 0.200. The Balaban J connectivity index is 1.56. The number of rotatable bonds is 4. The normalized spacial score (nSPS) is 12.7. The molecular formula is C20H16Cl2N2O4. The number of aromatic nitrogens is 1. The molecule has 0 atom stereocenters. The number of benzene rings is 2. The van der Waals surface area contributed by atoms with Gasteiger partial charge in [-0.3, -0.25) is 4.79 Å². The number of nitrogens with zero attached hydrogens (tertiary/aromatic N) is 1. The zero-order valence-electron chi connectivity index (χ0n) is 14.9. The molecule has 0 aliphatic carbocycles. The third-order valence-corrected chi connectivity index (χ3v) is 4.94. The molecule has 1 aromatic heterocycles. The van der Waals surface area contributed by atoms with Crippen LogP contribution in [-0.4, -0.2) is 24.3 Å². The molecule has 0 radical (unpaired) electrons. The highest BCUT2D eigenvalue weighted by Gasteiger charge is 2.23. The van der Waals surface area contributed by atoms with Gasteiger partial charge in [-0.25, -0.2) is 0 Å². The molecule has 0 spiro atoms. The van der Waals surface area contributed by atoms with E-state index in [1.807, 2.05) is 12.1 Å². The first kappa shape index (κ1) is 18.7. The lowest BCUT2D eigenvalue weighted by Gasteiger charge is -2.20. The zero-order valence-corrected chi connectivity index (χ0v) is 16.4. The standard InChI is InChI=1S/C20H16Cl2N2O4/c1-11-17(18(24-28-11)13-4-2-3-5-14(13)21)20(25)23-10-12-8-15(22)19-16(9-12)26-6-7-27-19/h2-5,8-9H,6-7,10H2,1H3,(H,23,25). The maximum absolute atomic E-state index is 12.8. The molecule has 8 heteroatoms. The molecule has 0 fully saturated rings. The minimum absolute atomic E-state index is 0.252. The molecule has 3 aromatic rings. The van der Waals surface area contributed by atoms with E-state index in [4.69, 9.17) is 37.2 Å². The van der Waals surface area contributed by atoms with Crippen molar-refractivity contribution in [1.82, 2.24) is 10.5 Å². The van der Waals surface area contributed by atoms with Gasteiger partial charge >= 0.3 is 0 Å². The van der Waals surface area contributed by atoms with Gasteiger partial charge in [-0.05, 0) is 30.7 Å². The number of carbonyl (C=O) groups is 1. The fourth-order valence-corrected chi connectivity index (χ4v) is 3.53. The molecule has 0 saturated heterocycles. The van der Waals surface area contributed by atoms with Gasteiger partial charge in [-0.15, -0.1) is 0 Å². The van der Waals surface area contributed by atoms with Crippen molar-refractivity contribution >= 4 is 29.1 Å². The van der Waals surface area contributed by atoms with Crippen molar-refractivity contribution < 1.29 is 18.8 Å². The van der Waals surface area contributed by atoms with Crippen molar-refractivity contribution in [1.29, 1.82) is 0 Å². The summed E-state index contributed by atoms with van der Waals surface area (Å²) in [4.78, 5) is 12.8. The summed E-state index contributed by atoms with van der Waals surface area (Å²) in [5.41, 5.74) is 2.17. The summed E-state index contributed by atoms with van der Waals surface area (Å²) >= 11 is 12.5. The van der Waals surface area contributed by atoms with E-state index in [1.165, 1.54) is 0 Å². The Bertz CT molecular complexity index is 1050. The van der Waals surface area contributed by atoms with E-state index in [2.05, 4.69) is 10.5 Å². The van der Waals surface area contributed by atoms with E-state index in [0.29, 0.717) is 57.3 Å². The van der Waals surface area contributed by atoms with Crippen LogP contribution in [0.25, 0.3) is 11.3 Å². The minimum atomic E-state index is -0.320. The van der Waals surface area contributed by atoms with E-state index in [9.17, 15) is 4.79 Å². The molecule has 1 aliphatic rings. The van der Waals surface area contributed by atoms with Crippen LogP contribution in [0.1, 0.15) is 21.7 Å². The van der Waals surface area contributed by atoms with Gasteiger partial charge in [0.2, 0.25) is 0 Å². The third-order valence-electron chi connectivity index (χ3n) is 4.33. The number of aryl methyl sites for hydroxylation is 1. The van der Waals surface area contributed by atoms with E-state index in [1.54, 1.807) is 31.2 Å². The molecule has 4 rings (SSSR count). The number of carbonyl (C=O) groups excluding carboxylic acids is 1. The highest BCUT2D eigenvalue weighted by Crippen LogP contribution is 2.38. The molecule has 1 amide bonds. The monoisotopic (exact) mass is 418 g/mol.